The van der Waals surface area contributed by atoms with Gasteiger partial charge in [-0.05, 0) is 19.3 Å². The minimum Gasteiger partial charge on any atom is -0.375 e. The molecule has 6 nitrogen and oxygen atoms in total. The molecule has 3 N–H and O–H groups in total. The molecular weight excluding hydrogens is 246 g/mol. The first-order valence-electron chi connectivity index (χ1n) is 6.91. The molecule has 1 fully saturated rings. The second-order valence-corrected chi connectivity index (χ2v) is 5.00. The molecule has 0 bridgehead atoms. The first-order valence-corrected chi connectivity index (χ1v) is 6.91. The van der Waals surface area contributed by atoms with Crippen LogP contribution in [0, 0.1) is 0 Å². The summed E-state index contributed by atoms with van der Waals surface area (Å²) in [7, 11) is 1.50. The van der Waals surface area contributed by atoms with E-state index in [0.29, 0.717) is 13.1 Å². The van der Waals surface area contributed by atoms with E-state index in [0.717, 1.165) is 25.7 Å². The molecule has 2 amide bonds. The molecule has 1 rings (SSSR count). The number of methoxy groups -OCH3 is 1. The second-order valence-electron chi connectivity index (χ2n) is 5.00. The number of nitrogens with one attached hydrogen (secondary N) is 1. The fraction of sp³-hybridized carbons (Fsp3) is 0.846. The topological polar surface area (TPSA) is 84.7 Å². The fourth-order valence-corrected chi connectivity index (χ4v) is 2.31. The number of hydrogen-bond donors (Lipinski definition) is 2. The Morgan fingerprint density at radius 3 is 2.58 bits per heavy atom. The molecule has 1 aliphatic heterocycles. The highest BCUT2D eigenvalue weighted by Gasteiger charge is 2.26. The van der Waals surface area contributed by atoms with Crippen LogP contribution < -0.4 is 11.1 Å². The van der Waals surface area contributed by atoms with Crippen molar-refractivity contribution in [3.05, 3.63) is 0 Å². The second kappa shape index (κ2) is 8.12. The Morgan fingerprint density at radius 1 is 1.42 bits per heavy atom. The Morgan fingerprint density at radius 2 is 2.05 bits per heavy atom. The summed E-state index contributed by atoms with van der Waals surface area (Å²) >= 11 is 0. The van der Waals surface area contributed by atoms with Gasteiger partial charge in [-0.3, -0.25) is 9.59 Å². The van der Waals surface area contributed by atoms with Crippen LogP contribution in [-0.4, -0.2) is 55.6 Å². The van der Waals surface area contributed by atoms with E-state index in [4.69, 9.17) is 10.5 Å². The molecule has 0 aromatic carbocycles. The predicted molar refractivity (Wildman–Crippen MR) is 72.5 cm³/mol. The van der Waals surface area contributed by atoms with Gasteiger partial charge >= 0.3 is 0 Å². The van der Waals surface area contributed by atoms with Gasteiger partial charge in [0.25, 0.3) is 0 Å². The van der Waals surface area contributed by atoms with Crippen LogP contribution in [0.4, 0.5) is 0 Å². The van der Waals surface area contributed by atoms with Crippen LogP contribution in [-0.2, 0) is 14.3 Å². The van der Waals surface area contributed by atoms with Gasteiger partial charge in [-0.25, -0.2) is 0 Å². The van der Waals surface area contributed by atoms with Crippen LogP contribution in [0.15, 0.2) is 0 Å². The maximum absolute atomic E-state index is 12.0. The van der Waals surface area contributed by atoms with Crippen molar-refractivity contribution in [2.45, 2.75) is 44.7 Å². The SMILES string of the molecule is CCCC(N)C(=O)N1CCC(NC(=O)COC)CC1. The van der Waals surface area contributed by atoms with E-state index in [1.807, 2.05) is 6.92 Å². The first kappa shape index (κ1) is 15.9. The van der Waals surface area contributed by atoms with Gasteiger partial charge in [0.2, 0.25) is 11.8 Å². The summed E-state index contributed by atoms with van der Waals surface area (Å²) in [6, 6.07) is -0.251. The largest absolute Gasteiger partial charge is 0.375 e. The molecule has 0 radical (unpaired) electrons. The monoisotopic (exact) mass is 271 g/mol. The molecular formula is C13H25N3O3. The lowest BCUT2D eigenvalue weighted by atomic mass is 10.0. The summed E-state index contributed by atoms with van der Waals surface area (Å²) in [4.78, 5) is 25.2. The molecule has 1 atom stereocenters. The van der Waals surface area contributed by atoms with E-state index >= 15 is 0 Å². The summed E-state index contributed by atoms with van der Waals surface area (Å²) in [5.74, 6) is -0.0709. The molecule has 1 unspecified atom stereocenters. The lowest BCUT2D eigenvalue weighted by Gasteiger charge is -2.33. The van der Waals surface area contributed by atoms with Crippen molar-refractivity contribution >= 4 is 11.8 Å². The van der Waals surface area contributed by atoms with Gasteiger partial charge in [-0.1, -0.05) is 13.3 Å². The van der Waals surface area contributed by atoms with Gasteiger partial charge in [-0.2, -0.15) is 0 Å². The quantitative estimate of drug-likeness (QED) is 0.704. The van der Waals surface area contributed by atoms with Crippen molar-refractivity contribution in [3.8, 4) is 0 Å². The standard InChI is InChI=1S/C13H25N3O3/c1-3-4-11(14)13(18)16-7-5-10(6-8-16)15-12(17)9-19-2/h10-11H,3-9,14H2,1-2H3,(H,15,17). The summed E-state index contributed by atoms with van der Waals surface area (Å²) in [6.45, 7) is 3.42. The molecule has 1 heterocycles. The summed E-state index contributed by atoms with van der Waals surface area (Å²) < 4.78 is 4.77. The van der Waals surface area contributed by atoms with Gasteiger partial charge in [-0.15, -0.1) is 0 Å². The minimum absolute atomic E-state index is 0.0310. The number of hydrogen-bond acceptors (Lipinski definition) is 4. The molecule has 19 heavy (non-hydrogen) atoms. The van der Waals surface area contributed by atoms with Crippen molar-refractivity contribution in [1.29, 1.82) is 0 Å². The van der Waals surface area contributed by atoms with E-state index < -0.39 is 0 Å². The lowest BCUT2D eigenvalue weighted by Crippen LogP contribution is -2.51. The van der Waals surface area contributed by atoms with Crippen LogP contribution in [0.5, 0.6) is 0 Å². The number of carbonyl (C=O) groups excluding carboxylic acids is 2. The minimum atomic E-state index is -0.385. The molecule has 110 valence electrons. The van der Waals surface area contributed by atoms with E-state index in [9.17, 15) is 9.59 Å². The molecule has 0 saturated carbocycles. The zero-order valence-electron chi connectivity index (χ0n) is 11.9. The third-order valence-corrected chi connectivity index (χ3v) is 3.36. The van der Waals surface area contributed by atoms with Crippen LogP contribution >= 0.6 is 0 Å². The summed E-state index contributed by atoms with van der Waals surface area (Å²) in [6.07, 6.45) is 3.19. The third kappa shape index (κ3) is 5.16. The number of nitrogens with two attached hydrogens (primary N) is 1. The Labute approximate surface area is 114 Å². The van der Waals surface area contributed by atoms with E-state index in [1.165, 1.54) is 7.11 Å². The Kier molecular flexibility index (Phi) is 6.80. The number of rotatable bonds is 6. The third-order valence-electron chi connectivity index (χ3n) is 3.36. The van der Waals surface area contributed by atoms with Gasteiger partial charge in [0.15, 0.2) is 0 Å². The maximum Gasteiger partial charge on any atom is 0.246 e. The first-order chi connectivity index (χ1) is 9.08. The molecule has 6 heteroatoms. The number of carbonyl (C=O) groups is 2. The fourth-order valence-electron chi connectivity index (χ4n) is 2.31. The van der Waals surface area contributed by atoms with E-state index in [-0.39, 0.29) is 30.5 Å². The lowest BCUT2D eigenvalue weighted by molar-refractivity contribution is -0.134. The van der Waals surface area contributed by atoms with E-state index in [1.54, 1.807) is 4.90 Å². The van der Waals surface area contributed by atoms with Gasteiger partial charge < -0.3 is 20.7 Å². The summed E-state index contributed by atoms with van der Waals surface area (Å²) in [5.41, 5.74) is 5.84. The smallest absolute Gasteiger partial charge is 0.246 e. The molecule has 0 aromatic heterocycles. The van der Waals surface area contributed by atoms with E-state index in [2.05, 4.69) is 5.32 Å². The zero-order chi connectivity index (χ0) is 14.3. The Balaban J connectivity index is 2.32. The number of amides is 2. The highest BCUT2D eigenvalue weighted by Crippen LogP contribution is 2.12. The zero-order valence-corrected chi connectivity index (χ0v) is 11.9. The van der Waals surface area contributed by atoms with Crippen LogP contribution in [0.25, 0.3) is 0 Å². The molecule has 1 aliphatic rings. The van der Waals surface area contributed by atoms with Crippen LogP contribution in [0.2, 0.25) is 0 Å². The normalized spacial score (nSPS) is 18.2. The van der Waals surface area contributed by atoms with Crippen molar-refractivity contribution < 1.29 is 14.3 Å². The maximum atomic E-state index is 12.0. The number of piperidine rings is 1. The molecule has 0 spiro atoms. The average molecular weight is 271 g/mol. The van der Waals surface area contributed by atoms with Crippen LogP contribution in [0.3, 0.4) is 0 Å². The van der Waals surface area contributed by atoms with Gasteiger partial charge in [0, 0.05) is 26.2 Å². The van der Waals surface area contributed by atoms with Gasteiger partial charge in [0.05, 0.1) is 6.04 Å². The summed E-state index contributed by atoms with van der Waals surface area (Å²) in [5, 5.41) is 2.90. The van der Waals surface area contributed by atoms with Crippen molar-refractivity contribution in [3.63, 3.8) is 0 Å². The highest BCUT2D eigenvalue weighted by molar-refractivity contribution is 5.81. The van der Waals surface area contributed by atoms with Gasteiger partial charge in [0.1, 0.15) is 6.61 Å². The van der Waals surface area contributed by atoms with Crippen molar-refractivity contribution in [2.24, 2.45) is 5.73 Å². The predicted octanol–water partition coefficient (Wildman–Crippen LogP) is -0.133. The molecule has 0 aromatic rings. The van der Waals surface area contributed by atoms with Crippen LogP contribution in [0.1, 0.15) is 32.6 Å². The molecule has 1 saturated heterocycles. The van der Waals surface area contributed by atoms with Crippen molar-refractivity contribution in [2.75, 3.05) is 26.8 Å². The average Bonchev–Trinajstić information content (AvgIpc) is 2.39. The number of nitrogens with zero attached hydrogens (tertiary/aromatic N) is 1. The Hall–Kier alpha value is -1.14. The molecule has 0 aliphatic carbocycles. The van der Waals surface area contributed by atoms with Crippen molar-refractivity contribution in [1.82, 2.24) is 10.2 Å². The number of likely N-dealkylation sites (tertiary alicyclic amines) is 1. The number of ether oxygens (including phenoxy) is 1. The Bertz CT molecular complexity index is 302. The highest BCUT2D eigenvalue weighted by atomic mass is 16.5.